The van der Waals surface area contributed by atoms with Crippen molar-refractivity contribution in [2.75, 3.05) is 12.4 Å². The highest BCUT2D eigenvalue weighted by atomic mass is 16.2. The molecule has 6 heteroatoms. The summed E-state index contributed by atoms with van der Waals surface area (Å²) in [4.78, 5) is 24.1. The molecule has 0 saturated heterocycles. The van der Waals surface area contributed by atoms with Crippen LogP contribution in [0.1, 0.15) is 32.1 Å². The van der Waals surface area contributed by atoms with E-state index >= 15 is 0 Å². The van der Waals surface area contributed by atoms with Crippen LogP contribution in [0, 0.1) is 13.8 Å². The Kier molecular flexibility index (Phi) is 4.84. The van der Waals surface area contributed by atoms with Gasteiger partial charge in [-0.15, -0.1) is 0 Å². The Morgan fingerprint density at radius 1 is 0.923 bits per heavy atom. The number of rotatable bonds is 4. The van der Waals surface area contributed by atoms with Crippen LogP contribution in [0.25, 0.3) is 5.69 Å². The fourth-order valence-corrected chi connectivity index (χ4v) is 2.73. The van der Waals surface area contributed by atoms with Crippen LogP contribution in [-0.2, 0) is 0 Å². The molecule has 0 spiro atoms. The largest absolute Gasteiger partial charge is 0.355 e. The quantitative estimate of drug-likeness (QED) is 0.761. The fraction of sp³-hybridized carbons (Fsp3) is 0.150. The zero-order chi connectivity index (χ0) is 18.7. The fourth-order valence-electron chi connectivity index (χ4n) is 2.73. The number of carbonyl (C=O) groups is 2. The van der Waals surface area contributed by atoms with Crippen molar-refractivity contribution in [3.63, 3.8) is 0 Å². The number of hydrogen-bond acceptors (Lipinski definition) is 3. The van der Waals surface area contributed by atoms with Crippen molar-refractivity contribution < 1.29 is 9.59 Å². The lowest BCUT2D eigenvalue weighted by molar-refractivity contribution is 0.0961. The van der Waals surface area contributed by atoms with Gasteiger partial charge in [0.1, 0.15) is 0 Å². The Labute approximate surface area is 151 Å². The summed E-state index contributed by atoms with van der Waals surface area (Å²) in [5.74, 6) is -0.436. The molecular formula is C20H20N4O2. The minimum absolute atomic E-state index is 0.199. The molecule has 3 aromatic rings. The third-order valence-electron chi connectivity index (χ3n) is 3.99. The highest BCUT2D eigenvalue weighted by Gasteiger charge is 2.10. The standard InChI is InChI=1S/C20H20N4O2/c1-13-11-14(2)24(23-13)18-9-7-15(8-10-18)20(26)22-17-6-4-5-16(12-17)19(25)21-3/h4-12H,1-3H3,(H,21,25)(H,22,26). The van der Waals surface area contributed by atoms with Crippen molar-refractivity contribution >= 4 is 17.5 Å². The van der Waals surface area contributed by atoms with E-state index in [1.807, 2.05) is 36.7 Å². The number of anilines is 1. The third-order valence-corrected chi connectivity index (χ3v) is 3.99. The molecule has 0 saturated carbocycles. The van der Waals surface area contributed by atoms with E-state index in [1.165, 1.54) is 0 Å². The monoisotopic (exact) mass is 348 g/mol. The first-order valence-corrected chi connectivity index (χ1v) is 8.25. The maximum atomic E-state index is 12.4. The second kappa shape index (κ2) is 7.23. The maximum absolute atomic E-state index is 12.4. The Hall–Kier alpha value is -3.41. The molecule has 1 heterocycles. The van der Waals surface area contributed by atoms with Gasteiger partial charge in [-0.1, -0.05) is 6.07 Å². The van der Waals surface area contributed by atoms with E-state index in [2.05, 4.69) is 15.7 Å². The van der Waals surface area contributed by atoms with Gasteiger partial charge in [-0.2, -0.15) is 5.10 Å². The summed E-state index contributed by atoms with van der Waals surface area (Å²) in [5.41, 5.74) is 4.46. The number of benzene rings is 2. The van der Waals surface area contributed by atoms with E-state index in [4.69, 9.17) is 0 Å². The number of hydrogen-bond donors (Lipinski definition) is 2. The van der Waals surface area contributed by atoms with Gasteiger partial charge in [-0.25, -0.2) is 4.68 Å². The third kappa shape index (κ3) is 3.64. The minimum atomic E-state index is -0.237. The van der Waals surface area contributed by atoms with Crippen LogP contribution >= 0.6 is 0 Å². The molecule has 0 bridgehead atoms. The van der Waals surface area contributed by atoms with Gasteiger partial charge >= 0.3 is 0 Å². The van der Waals surface area contributed by atoms with Crippen LogP contribution in [0.15, 0.2) is 54.6 Å². The van der Waals surface area contributed by atoms with Gasteiger partial charge in [0.05, 0.1) is 11.4 Å². The molecule has 132 valence electrons. The number of nitrogens with one attached hydrogen (secondary N) is 2. The summed E-state index contributed by atoms with van der Waals surface area (Å²) >= 11 is 0. The first-order chi connectivity index (χ1) is 12.5. The molecule has 6 nitrogen and oxygen atoms in total. The molecule has 3 rings (SSSR count). The Bertz CT molecular complexity index is 958. The first kappa shape index (κ1) is 17.4. The van der Waals surface area contributed by atoms with Gasteiger partial charge in [-0.3, -0.25) is 9.59 Å². The van der Waals surface area contributed by atoms with Crippen LogP contribution < -0.4 is 10.6 Å². The number of aromatic nitrogens is 2. The van der Waals surface area contributed by atoms with Crippen LogP contribution in [0.5, 0.6) is 0 Å². The average molecular weight is 348 g/mol. The van der Waals surface area contributed by atoms with Crippen LogP contribution in [0.4, 0.5) is 5.69 Å². The Balaban J connectivity index is 1.76. The molecule has 0 radical (unpaired) electrons. The molecule has 0 fully saturated rings. The van der Waals surface area contributed by atoms with E-state index in [9.17, 15) is 9.59 Å². The smallest absolute Gasteiger partial charge is 0.255 e. The van der Waals surface area contributed by atoms with Gasteiger partial charge in [0.25, 0.3) is 11.8 Å². The van der Waals surface area contributed by atoms with Crippen molar-refractivity contribution in [3.8, 4) is 5.69 Å². The Morgan fingerprint density at radius 2 is 1.65 bits per heavy atom. The predicted octanol–water partition coefficient (Wildman–Crippen LogP) is 3.10. The minimum Gasteiger partial charge on any atom is -0.355 e. The summed E-state index contributed by atoms with van der Waals surface area (Å²) < 4.78 is 1.84. The summed E-state index contributed by atoms with van der Waals surface area (Å²) in [5, 5.41) is 9.81. The number of aryl methyl sites for hydroxylation is 2. The van der Waals surface area contributed by atoms with Crippen molar-refractivity contribution in [1.82, 2.24) is 15.1 Å². The molecule has 0 atom stereocenters. The van der Waals surface area contributed by atoms with E-state index in [-0.39, 0.29) is 11.8 Å². The molecular weight excluding hydrogens is 328 g/mol. The van der Waals surface area contributed by atoms with Crippen molar-refractivity contribution in [2.45, 2.75) is 13.8 Å². The molecule has 1 aromatic heterocycles. The van der Waals surface area contributed by atoms with Crippen LogP contribution in [0.3, 0.4) is 0 Å². The van der Waals surface area contributed by atoms with Gasteiger partial charge in [-0.05, 0) is 62.4 Å². The molecule has 0 unspecified atom stereocenters. The summed E-state index contributed by atoms with van der Waals surface area (Å²) in [6, 6.07) is 16.0. The van der Waals surface area contributed by atoms with E-state index in [1.54, 1.807) is 43.4 Å². The molecule has 26 heavy (non-hydrogen) atoms. The zero-order valence-electron chi connectivity index (χ0n) is 14.9. The first-order valence-electron chi connectivity index (χ1n) is 8.25. The second-order valence-electron chi connectivity index (χ2n) is 6.00. The van der Waals surface area contributed by atoms with Gasteiger partial charge in [0, 0.05) is 29.6 Å². The van der Waals surface area contributed by atoms with E-state index in [0.29, 0.717) is 16.8 Å². The normalized spacial score (nSPS) is 10.4. The van der Waals surface area contributed by atoms with Crippen molar-refractivity contribution in [2.24, 2.45) is 0 Å². The topological polar surface area (TPSA) is 76.0 Å². The van der Waals surface area contributed by atoms with Crippen LogP contribution in [-0.4, -0.2) is 28.6 Å². The lowest BCUT2D eigenvalue weighted by atomic mass is 10.1. The van der Waals surface area contributed by atoms with Gasteiger partial charge < -0.3 is 10.6 Å². The molecule has 2 amide bonds. The van der Waals surface area contributed by atoms with E-state index in [0.717, 1.165) is 17.1 Å². The molecule has 0 aliphatic rings. The highest BCUT2D eigenvalue weighted by Crippen LogP contribution is 2.15. The summed E-state index contributed by atoms with van der Waals surface area (Å²) in [7, 11) is 1.57. The summed E-state index contributed by atoms with van der Waals surface area (Å²) in [6.45, 7) is 3.93. The van der Waals surface area contributed by atoms with Gasteiger partial charge in [0.15, 0.2) is 0 Å². The lowest BCUT2D eigenvalue weighted by Gasteiger charge is -2.08. The molecule has 0 aliphatic carbocycles. The molecule has 2 aromatic carbocycles. The average Bonchev–Trinajstić information content (AvgIpc) is 2.99. The Morgan fingerprint density at radius 3 is 2.27 bits per heavy atom. The second-order valence-corrected chi connectivity index (χ2v) is 6.00. The molecule has 2 N–H and O–H groups in total. The number of carbonyl (C=O) groups excluding carboxylic acids is 2. The number of nitrogens with zero attached hydrogens (tertiary/aromatic N) is 2. The van der Waals surface area contributed by atoms with Crippen molar-refractivity contribution in [3.05, 3.63) is 77.1 Å². The SMILES string of the molecule is CNC(=O)c1cccc(NC(=O)c2ccc(-n3nc(C)cc3C)cc2)c1. The maximum Gasteiger partial charge on any atom is 0.255 e. The summed E-state index contributed by atoms with van der Waals surface area (Å²) in [6.07, 6.45) is 0. The zero-order valence-corrected chi connectivity index (χ0v) is 14.9. The van der Waals surface area contributed by atoms with Gasteiger partial charge in [0.2, 0.25) is 0 Å². The molecule has 0 aliphatic heterocycles. The van der Waals surface area contributed by atoms with Crippen LogP contribution in [0.2, 0.25) is 0 Å². The predicted molar refractivity (Wildman–Crippen MR) is 101 cm³/mol. The van der Waals surface area contributed by atoms with Crippen molar-refractivity contribution in [1.29, 1.82) is 0 Å². The number of amides is 2. The van der Waals surface area contributed by atoms with E-state index < -0.39 is 0 Å². The lowest BCUT2D eigenvalue weighted by Crippen LogP contribution is -2.18. The highest BCUT2D eigenvalue weighted by molar-refractivity contribution is 6.05.